The van der Waals surface area contributed by atoms with Crippen LogP contribution in [-0.2, 0) is 9.53 Å². The van der Waals surface area contributed by atoms with Crippen molar-refractivity contribution < 1.29 is 9.53 Å². The first-order chi connectivity index (χ1) is 9.24. The summed E-state index contributed by atoms with van der Waals surface area (Å²) in [4.78, 5) is 10.8. The summed E-state index contributed by atoms with van der Waals surface area (Å²) >= 11 is 3.23. The van der Waals surface area contributed by atoms with Gasteiger partial charge in [0.1, 0.15) is 5.78 Å². The number of Topliss-reactive ketones (excluding diaryl/α,β-unsaturated/α-hetero) is 1. The molecule has 1 atom stereocenters. The van der Waals surface area contributed by atoms with Crippen molar-refractivity contribution >= 4 is 34.0 Å². The molecule has 0 aromatic carbocycles. The van der Waals surface area contributed by atoms with E-state index < -0.39 is 0 Å². The lowest BCUT2D eigenvalue weighted by atomic mass is 10.2. The Morgan fingerprint density at radius 1 is 1.58 bits per heavy atom. The van der Waals surface area contributed by atoms with Crippen molar-refractivity contribution in [2.24, 2.45) is 0 Å². The van der Waals surface area contributed by atoms with Crippen LogP contribution in [-0.4, -0.2) is 41.0 Å². The van der Waals surface area contributed by atoms with E-state index in [4.69, 9.17) is 4.74 Å². The Kier molecular flexibility index (Phi) is 6.06. The summed E-state index contributed by atoms with van der Waals surface area (Å²) in [5, 5.41) is 12.3. The van der Waals surface area contributed by atoms with Crippen molar-refractivity contribution in [3.63, 3.8) is 0 Å². The normalized spacial score (nSPS) is 18.7. The largest absolute Gasteiger partial charge is 0.376 e. The maximum Gasteiger partial charge on any atom is 0.206 e. The smallest absolute Gasteiger partial charge is 0.206 e. The Labute approximate surface area is 121 Å². The monoisotopic (exact) mass is 301 g/mol. The fourth-order valence-electron chi connectivity index (χ4n) is 1.83. The van der Waals surface area contributed by atoms with Gasteiger partial charge in [0, 0.05) is 25.3 Å². The zero-order valence-electron chi connectivity index (χ0n) is 11.1. The minimum absolute atomic E-state index is 0.247. The van der Waals surface area contributed by atoms with Crippen LogP contribution in [0.1, 0.15) is 32.6 Å². The van der Waals surface area contributed by atoms with Crippen molar-refractivity contribution in [2.45, 2.75) is 43.1 Å². The molecule has 0 aliphatic carbocycles. The number of nitrogens with one attached hydrogen (secondary N) is 1. The van der Waals surface area contributed by atoms with Gasteiger partial charge in [0.05, 0.1) is 6.10 Å². The zero-order valence-corrected chi connectivity index (χ0v) is 12.7. The van der Waals surface area contributed by atoms with Crippen LogP contribution < -0.4 is 5.32 Å². The minimum atomic E-state index is 0.247. The highest BCUT2D eigenvalue weighted by Crippen LogP contribution is 2.26. The topological polar surface area (TPSA) is 64.1 Å². The highest BCUT2D eigenvalue weighted by molar-refractivity contribution is 8.01. The predicted octanol–water partition coefficient (Wildman–Crippen LogP) is 2.59. The number of ether oxygens (including phenoxy) is 1. The van der Waals surface area contributed by atoms with Gasteiger partial charge in [-0.25, -0.2) is 0 Å². The molecule has 1 unspecified atom stereocenters. The number of carbonyl (C=O) groups is 1. The zero-order chi connectivity index (χ0) is 13.5. The highest BCUT2D eigenvalue weighted by atomic mass is 32.2. The van der Waals surface area contributed by atoms with Crippen LogP contribution in [0.15, 0.2) is 4.34 Å². The van der Waals surface area contributed by atoms with Gasteiger partial charge in [-0.2, -0.15) is 0 Å². The number of ketones is 1. The summed E-state index contributed by atoms with van der Waals surface area (Å²) < 4.78 is 6.50. The predicted molar refractivity (Wildman–Crippen MR) is 78.0 cm³/mol. The van der Waals surface area contributed by atoms with Crippen LogP contribution in [0.4, 0.5) is 5.13 Å². The van der Waals surface area contributed by atoms with Crippen molar-refractivity contribution in [3.05, 3.63) is 0 Å². The van der Waals surface area contributed by atoms with Gasteiger partial charge in [-0.05, 0) is 26.2 Å². The molecule has 1 saturated heterocycles. The van der Waals surface area contributed by atoms with E-state index in [1.807, 2.05) is 0 Å². The minimum Gasteiger partial charge on any atom is -0.376 e. The van der Waals surface area contributed by atoms with E-state index in [1.54, 1.807) is 30.0 Å². The van der Waals surface area contributed by atoms with Gasteiger partial charge in [0.15, 0.2) is 4.34 Å². The SMILES string of the molecule is CC(=O)CCCSc1nnc(NCC2CCCO2)s1. The summed E-state index contributed by atoms with van der Waals surface area (Å²) in [7, 11) is 0. The molecule has 5 nitrogen and oxygen atoms in total. The first-order valence-corrected chi connectivity index (χ1v) is 8.35. The lowest BCUT2D eigenvalue weighted by Gasteiger charge is -2.08. The molecule has 2 rings (SSSR count). The lowest BCUT2D eigenvalue weighted by Crippen LogP contribution is -2.18. The molecular weight excluding hydrogens is 282 g/mol. The quantitative estimate of drug-likeness (QED) is 0.588. The highest BCUT2D eigenvalue weighted by Gasteiger charge is 2.15. The summed E-state index contributed by atoms with van der Waals surface area (Å²) in [6.45, 7) is 3.31. The number of rotatable bonds is 8. The van der Waals surface area contributed by atoms with Crippen molar-refractivity contribution in [1.29, 1.82) is 0 Å². The standard InChI is InChI=1S/C12H19N3O2S2/c1-9(16)4-3-7-18-12-15-14-11(19-12)13-8-10-5-2-6-17-10/h10H,2-8H2,1H3,(H,13,14). The lowest BCUT2D eigenvalue weighted by molar-refractivity contribution is -0.117. The fraction of sp³-hybridized carbons (Fsp3) is 0.750. The molecule has 1 aliphatic rings. The Bertz CT molecular complexity index is 405. The molecule has 1 N–H and O–H groups in total. The molecule has 0 spiro atoms. The third kappa shape index (κ3) is 5.46. The molecule has 1 aromatic rings. The first kappa shape index (κ1) is 14.7. The number of nitrogens with zero attached hydrogens (tertiary/aromatic N) is 2. The Morgan fingerprint density at radius 2 is 2.47 bits per heavy atom. The van der Waals surface area contributed by atoms with Gasteiger partial charge in [0.25, 0.3) is 0 Å². The number of anilines is 1. The van der Waals surface area contributed by atoms with E-state index in [0.717, 1.165) is 47.6 Å². The van der Waals surface area contributed by atoms with E-state index >= 15 is 0 Å². The average molecular weight is 301 g/mol. The molecule has 106 valence electrons. The summed E-state index contributed by atoms with van der Waals surface area (Å²) in [5.41, 5.74) is 0. The second-order valence-corrected chi connectivity index (χ2v) is 6.86. The molecular formula is C12H19N3O2S2. The number of hydrogen-bond donors (Lipinski definition) is 1. The number of thioether (sulfide) groups is 1. The van der Waals surface area contributed by atoms with Gasteiger partial charge in [-0.1, -0.05) is 23.1 Å². The maximum absolute atomic E-state index is 10.8. The molecule has 0 saturated carbocycles. The van der Waals surface area contributed by atoms with Crippen LogP contribution in [0.25, 0.3) is 0 Å². The molecule has 0 amide bonds. The van der Waals surface area contributed by atoms with E-state index in [2.05, 4.69) is 15.5 Å². The van der Waals surface area contributed by atoms with E-state index in [0.29, 0.717) is 12.5 Å². The molecule has 0 radical (unpaired) electrons. The first-order valence-electron chi connectivity index (χ1n) is 6.55. The second-order valence-electron chi connectivity index (χ2n) is 4.54. The Hall–Kier alpha value is -0.660. The second kappa shape index (κ2) is 7.81. The number of aromatic nitrogens is 2. The molecule has 2 heterocycles. The van der Waals surface area contributed by atoms with Crippen LogP contribution in [0.3, 0.4) is 0 Å². The summed E-state index contributed by atoms with van der Waals surface area (Å²) in [6, 6.07) is 0. The third-order valence-electron chi connectivity index (χ3n) is 2.81. The van der Waals surface area contributed by atoms with Gasteiger partial charge in [0.2, 0.25) is 5.13 Å². The van der Waals surface area contributed by atoms with Gasteiger partial charge in [-0.3, -0.25) is 0 Å². The number of carbonyl (C=O) groups excluding carboxylic acids is 1. The molecule has 1 aliphatic heterocycles. The molecule has 0 bridgehead atoms. The van der Waals surface area contributed by atoms with Gasteiger partial charge >= 0.3 is 0 Å². The third-order valence-corrected chi connectivity index (χ3v) is 4.91. The maximum atomic E-state index is 10.8. The van der Waals surface area contributed by atoms with Gasteiger partial charge in [-0.15, -0.1) is 10.2 Å². The molecule has 7 heteroatoms. The van der Waals surface area contributed by atoms with E-state index in [1.165, 1.54) is 0 Å². The van der Waals surface area contributed by atoms with E-state index in [-0.39, 0.29) is 5.78 Å². The van der Waals surface area contributed by atoms with Crippen molar-refractivity contribution in [1.82, 2.24) is 10.2 Å². The van der Waals surface area contributed by atoms with Crippen LogP contribution in [0, 0.1) is 0 Å². The van der Waals surface area contributed by atoms with Crippen molar-refractivity contribution in [2.75, 3.05) is 24.2 Å². The van der Waals surface area contributed by atoms with Crippen LogP contribution in [0.2, 0.25) is 0 Å². The number of hydrogen-bond acceptors (Lipinski definition) is 7. The van der Waals surface area contributed by atoms with E-state index in [9.17, 15) is 4.79 Å². The van der Waals surface area contributed by atoms with Crippen LogP contribution >= 0.6 is 23.1 Å². The average Bonchev–Trinajstić information content (AvgIpc) is 3.03. The summed E-state index contributed by atoms with van der Waals surface area (Å²) in [6.07, 6.45) is 4.14. The van der Waals surface area contributed by atoms with Gasteiger partial charge < -0.3 is 14.8 Å². The Morgan fingerprint density at radius 3 is 3.21 bits per heavy atom. The molecule has 19 heavy (non-hydrogen) atoms. The summed E-state index contributed by atoms with van der Waals surface area (Å²) in [5.74, 6) is 1.16. The fourth-order valence-corrected chi connectivity index (χ4v) is 3.60. The van der Waals surface area contributed by atoms with Crippen LogP contribution in [0.5, 0.6) is 0 Å². The Balaban J connectivity index is 1.65. The molecule has 1 fully saturated rings. The molecule has 1 aromatic heterocycles. The van der Waals surface area contributed by atoms with Crippen molar-refractivity contribution in [3.8, 4) is 0 Å².